The van der Waals surface area contributed by atoms with E-state index < -0.39 is 20.0 Å². The summed E-state index contributed by atoms with van der Waals surface area (Å²) in [5, 5.41) is 13.7. The van der Waals surface area contributed by atoms with E-state index in [1.165, 1.54) is 10.4 Å². The average Bonchev–Trinajstić information content (AvgIpc) is 3.67. The Hall–Kier alpha value is -3.80. The highest BCUT2D eigenvalue weighted by Gasteiger charge is 2.31. The van der Waals surface area contributed by atoms with Crippen LogP contribution in [0.4, 0.5) is 0 Å². The summed E-state index contributed by atoms with van der Waals surface area (Å²) in [5.41, 5.74) is 2.73. The molecule has 288 valence electrons. The highest BCUT2D eigenvalue weighted by Crippen LogP contribution is 2.26. The predicted molar refractivity (Wildman–Crippen MR) is 203 cm³/mol. The Bertz CT molecular complexity index is 1920. The molecule has 0 aliphatic heterocycles. The molecule has 0 aliphatic rings. The summed E-state index contributed by atoms with van der Waals surface area (Å²) >= 11 is 0. The van der Waals surface area contributed by atoms with Crippen LogP contribution < -0.4 is 14.6 Å². The molecule has 52 heavy (non-hydrogen) atoms. The van der Waals surface area contributed by atoms with Crippen LogP contribution in [0, 0.1) is 0 Å². The zero-order chi connectivity index (χ0) is 39.2. The van der Waals surface area contributed by atoms with Gasteiger partial charge in [0.05, 0.1) is 36.7 Å². The average molecular weight is 761 g/mol. The van der Waals surface area contributed by atoms with E-state index >= 15 is 0 Å². The first-order chi connectivity index (χ1) is 23.9. The van der Waals surface area contributed by atoms with Gasteiger partial charge in [-0.15, -0.1) is 0 Å². The number of nitrogens with two attached hydrogens (primary N) is 1. The molecule has 2 N–H and O–H groups in total. The number of primary sulfonamides is 1. The Balaban J connectivity index is 0.000000359. The van der Waals surface area contributed by atoms with E-state index in [-0.39, 0.29) is 34.2 Å². The van der Waals surface area contributed by atoms with E-state index in [1.807, 2.05) is 128 Å². The van der Waals surface area contributed by atoms with Crippen molar-refractivity contribution in [3.05, 3.63) is 83.2 Å². The number of ether oxygens (including phenoxy) is 2. The zero-order valence-corrected chi connectivity index (χ0v) is 34.2. The maximum atomic E-state index is 14.0. The molecule has 2 aromatic carbocycles. The molecule has 2 aromatic heterocycles. The lowest BCUT2D eigenvalue weighted by molar-refractivity contribution is 0.308. The smallest absolute Gasteiger partial charge is 0.263 e. The van der Waals surface area contributed by atoms with Crippen LogP contribution in [0.3, 0.4) is 0 Å². The van der Waals surface area contributed by atoms with Gasteiger partial charge >= 0.3 is 0 Å². The van der Waals surface area contributed by atoms with Crippen molar-refractivity contribution in [1.29, 1.82) is 0 Å². The van der Waals surface area contributed by atoms with Gasteiger partial charge in [-0.3, -0.25) is 9.36 Å². The Labute approximate surface area is 310 Å². The van der Waals surface area contributed by atoms with Gasteiger partial charge in [-0.05, 0) is 105 Å². The maximum Gasteiger partial charge on any atom is 0.263 e. The summed E-state index contributed by atoms with van der Waals surface area (Å²) in [6.45, 7) is 13.5. The SMILES string of the molecule is CN(C)Cc1cc(S(N)(=O)=O)nn1C(C)(C)C.COc1ccc(CN(Cc2ccc(OC)cc2)S(=O)(=O)c2cc(CN(C)C)n(C(C)(C)C)n2)cc1. The lowest BCUT2D eigenvalue weighted by Gasteiger charge is -2.24. The summed E-state index contributed by atoms with van der Waals surface area (Å²) in [7, 11) is 3.28. The molecule has 0 aliphatic carbocycles. The van der Waals surface area contributed by atoms with E-state index in [0.29, 0.717) is 13.1 Å². The van der Waals surface area contributed by atoms with Gasteiger partial charge < -0.3 is 19.3 Å². The Morgan fingerprint density at radius 1 is 0.615 bits per heavy atom. The number of aromatic nitrogens is 4. The fourth-order valence-electron chi connectivity index (χ4n) is 5.32. The number of rotatable bonds is 13. The summed E-state index contributed by atoms with van der Waals surface area (Å²) in [6, 6.07) is 18.0. The fourth-order valence-corrected chi connectivity index (χ4v) is 7.19. The number of methoxy groups -OCH3 is 2. The number of sulfonamides is 2. The normalized spacial score (nSPS) is 12.7. The van der Waals surface area contributed by atoms with Crippen LogP contribution in [0.25, 0.3) is 0 Å². The van der Waals surface area contributed by atoms with Crippen molar-refractivity contribution in [3.8, 4) is 11.5 Å². The van der Waals surface area contributed by atoms with Gasteiger partial charge in [0, 0.05) is 38.3 Å². The fraction of sp³-hybridized carbons (Fsp3) is 0.500. The molecule has 0 spiro atoms. The lowest BCUT2D eigenvalue weighted by atomic mass is 10.1. The largest absolute Gasteiger partial charge is 0.497 e. The molecule has 0 saturated carbocycles. The molecule has 4 aromatic rings. The molecule has 0 atom stereocenters. The van der Waals surface area contributed by atoms with E-state index in [9.17, 15) is 16.8 Å². The van der Waals surface area contributed by atoms with Gasteiger partial charge in [0.25, 0.3) is 20.0 Å². The molecule has 0 radical (unpaired) electrons. The van der Waals surface area contributed by atoms with Gasteiger partial charge in [-0.2, -0.15) is 14.5 Å². The Morgan fingerprint density at radius 3 is 1.27 bits per heavy atom. The highest BCUT2D eigenvalue weighted by molar-refractivity contribution is 7.89. The number of hydrogen-bond donors (Lipinski definition) is 1. The third-order valence-electron chi connectivity index (χ3n) is 7.68. The van der Waals surface area contributed by atoms with E-state index in [4.69, 9.17) is 14.6 Å². The van der Waals surface area contributed by atoms with Crippen LogP contribution in [0.2, 0.25) is 0 Å². The highest BCUT2D eigenvalue weighted by atomic mass is 32.2. The Kier molecular flexibility index (Phi) is 13.9. The van der Waals surface area contributed by atoms with Gasteiger partial charge in [-0.1, -0.05) is 24.3 Å². The first-order valence-electron chi connectivity index (χ1n) is 16.7. The van der Waals surface area contributed by atoms with Crippen LogP contribution in [-0.2, 0) is 57.3 Å². The summed E-state index contributed by atoms with van der Waals surface area (Å²) in [4.78, 5) is 3.95. The van der Waals surface area contributed by atoms with Crippen molar-refractivity contribution in [2.24, 2.45) is 5.14 Å². The van der Waals surface area contributed by atoms with Gasteiger partial charge in [0.15, 0.2) is 10.1 Å². The molecule has 0 amide bonds. The van der Waals surface area contributed by atoms with Crippen molar-refractivity contribution in [1.82, 2.24) is 33.7 Å². The minimum absolute atomic E-state index is 0.0475. The molecule has 4 rings (SSSR count). The lowest BCUT2D eigenvalue weighted by Crippen LogP contribution is -2.31. The molecular formula is C36H56N8O6S2. The molecular weight excluding hydrogens is 705 g/mol. The number of nitrogens with zero attached hydrogens (tertiary/aromatic N) is 7. The summed E-state index contributed by atoms with van der Waals surface area (Å²) < 4.78 is 66.0. The van der Waals surface area contributed by atoms with E-state index in [0.717, 1.165) is 34.0 Å². The third kappa shape index (κ3) is 11.6. The number of benzene rings is 2. The second-order valence-corrected chi connectivity index (χ2v) is 18.5. The second-order valence-electron chi connectivity index (χ2n) is 15.1. The predicted octanol–water partition coefficient (Wildman–Crippen LogP) is 4.46. The van der Waals surface area contributed by atoms with E-state index in [1.54, 1.807) is 29.6 Å². The molecule has 2 heterocycles. The summed E-state index contributed by atoms with van der Waals surface area (Å²) in [6.07, 6.45) is 0. The van der Waals surface area contributed by atoms with Crippen molar-refractivity contribution in [2.45, 2.75) is 88.9 Å². The first-order valence-corrected chi connectivity index (χ1v) is 19.7. The molecule has 0 fully saturated rings. The molecule has 16 heteroatoms. The maximum absolute atomic E-state index is 14.0. The van der Waals surface area contributed by atoms with Crippen molar-refractivity contribution in [2.75, 3.05) is 42.4 Å². The van der Waals surface area contributed by atoms with Crippen LogP contribution in [0.1, 0.15) is 64.1 Å². The Morgan fingerprint density at radius 2 is 0.962 bits per heavy atom. The van der Waals surface area contributed by atoms with Gasteiger partial charge in [-0.25, -0.2) is 22.0 Å². The zero-order valence-electron chi connectivity index (χ0n) is 32.6. The van der Waals surface area contributed by atoms with Gasteiger partial charge in [0.2, 0.25) is 0 Å². The minimum atomic E-state index is -3.91. The van der Waals surface area contributed by atoms with Gasteiger partial charge in [0.1, 0.15) is 11.5 Å². The van der Waals surface area contributed by atoms with E-state index in [2.05, 4.69) is 10.2 Å². The van der Waals surface area contributed by atoms with Crippen LogP contribution >= 0.6 is 0 Å². The minimum Gasteiger partial charge on any atom is -0.497 e. The quantitative estimate of drug-likeness (QED) is 0.206. The standard InChI is InChI=1S/C26H36N4O4S.C10H20N4O2S/c1-26(2,3)30-22(19-28(4)5)16-25(27-30)35(31,32)29(17-20-8-12-23(33-6)13-9-20)18-21-10-14-24(34-7)15-11-21;1-10(2,3)14-8(7-13(4)5)6-9(12-14)17(11,15)16/h8-16H,17-19H2,1-7H3;6H,7H2,1-5H3,(H2,11,15,16). The molecule has 0 saturated heterocycles. The van der Waals surface area contributed by atoms with Crippen molar-refractivity contribution < 1.29 is 26.3 Å². The molecule has 0 unspecified atom stereocenters. The number of hydrogen-bond acceptors (Lipinski definition) is 10. The third-order valence-corrected chi connectivity index (χ3v) is 10.1. The van der Waals surface area contributed by atoms with Crippen LogP contribution in [-0.4, -0.2) is 92.9 Å². The monoisotopic (exact) mass is 760 g/mol. The van der Waals surface area contributed by atoms with Crippen molar-refractivity contribution in [3.63, 3.8) is 0 Å². The van der Waals surface area contributed by atoms with Crippen LogP contribution in [0.15, 0.2) is 70.7 Å². The van der Waals surface area contributed by atoms with Crippen LogP contribution in [0.5, 0.6) is 11.5 Å². The second kappa shape index (κ2) is 16.9. The van der Waals surface area contributed by atoms with Crippen molar-refractivity contribution >= 4 is 20.0 Å². The summed E-state index contributed by atoms with van der Waals surface area (Å²) in [5.74, 6) is 1.44. The topological polar surface area (TPSA) is 158 Å². The molecule has 0 bridgehead atoms. The molecule has 14 nitrogen and oxygen atoms in total. The first kappa shape index (κ1) is 42.6.